The molecule has 0 aliphatic carbocycles. The molecular formula is C17H17N3O. The lowest BCUT2D eigenvalue weighted by molar-refractivity contribution is 0.0947. The molecule has 0 atom stereocenters. The molecular weight excluding hydrogens is 262 g/mol. The van der Waals surface area contributed by atoms with Crippen molar-refractivity contribution in [2.45, 2.75) is 19.9 Å². The predicted octanol–water partition coefficient (Wildman–Crippen LogP) is 3.06. The summed E-state index contributed by atoms with van der Waals surface area (Å²) in [4.78, 5) is 12.3. The number of carbonyl (C=O) groups excluding carboxylic acids is 1. The molecule has 21 heavy (non-hydrogen) atoms. The molecule has 1 amide bonds. The Bertz CT molecular complexity index is 776. The molecule has 1 aromatic heterocycles. The number of aryl methyl sites for hydroxylation is 1. The van der Waals surface area contributed by atoms with Crippen molar-refractivity contribution in [1.29, 1.82) is 0 Å². The summed E-state index contributed by atoms with van der Waals surface area (Å²) in [7, 11) is 0. The number of nitrogens with zero attached hydrogens (tertiary/aromatic N) is 1. The number of hydrogen-bond acceptors (Lipinski definition) is 2. The minimum Gasteiger partial charge on any atom is -0.347 e. The van der Waals surface area contributed by atoms with Crippen molar-refractivity contribution in [1.82, 2.24) is 15.5 Å². The third-order valence-electron chi connectivity index (χ3n) is 3.62. The Hall–Kier alpha value is -2.62. The first-order valence-corrected chi connectivity index (χ1v) is 7.07. The fourth-order valence-corrected chi connectivity index (χ4v) is 2.47. The fourth-order valence-electron chi connectivity index (χ4n) is 2.47. The van der Waals surface area contributed by atoms with Gasteiger partial charge in [0.1, 0.15) is 0 Å². The molecule has 2 N–H and O–H groups in total. The van der Waals surface area contributed by atoms with Gasteiger partial charge in [-0.1, -0.05) is 49.4 Å². The van der Waals surface area contributed by atoms with Crippen LogP contribution in [0.25, 0.3) is 10.9 Å². The van der Waals surface area contributed by atoms with Crippen LogP contribution in [-0.4, -0.2) is 16.1 Å². The van der Waals surface area contributed by atoms with E-state index in [4.69, 9.17) is 0 Å². The molecule has 3 aromatic rings. The highest BCUT2D eigenvalue weighted by Gasteiger charge is 2.13. The second-order valence-electron chi connectivity index (χ2n) is 4.92. The lowest BCUT2D eigenvalue weighted by atomic mass is 10.1. The van der Waals surface area contributed by atoms with E-state index in [2.05, 4.69) is 28.5 Å². The maximum absolute atomic E-state index is 12.3. The lowest BCUT2D eigenvalue weighted by Gasteiger charge is -2.08. The number of rotatable bonds is 4. The highest BCUT2D eigenvalue weighted by molar-refractivity contribution is 6.04. The third kappa shape index (κ3) is 2.65. The van der Waals surface area contributed by atoms with Crippen LogP contribution in [0.5, 0.6) is 0 Å². The first kappa shape index (κ1) is 13.4. The quantitative estimate of drug-likeness (QED) is 0.771. The summed E-state index contributed by atoms with van der Waals surface area (Å²) in [5.41, 5.74) is 3.72. The topological polar surface area (TPSA) is 57.8 Å². The Kier molecular flexibility index (Phi) is 3.69. The van der Waals surface area contributed by atoms with Crippen LogP contribution in [0.3, 0.4) is 0 Å². The molecule has 0 unspecified atom stereocenters. The summed E-state index contributed by atoms with van der Waals surface area (Å²) >= 11 is 0. The highest BCUT2D eigenvalue weighted by Crippen LogP contribution is 2.15. The molecule has 1 heterocycles. The van der Waals surface area contributed by atoms with E-state index < -0.39 is 0 Å². The lowest BCUT2D eigenvalue weighted by Crippen LogP contribution is -2.24. The van der Waals surface area contributed by atoms with Gasteiger partial charge in [-0.3, -0.25) is 9.89 Å². The van der Waals surface area contributed by atoms with E-state index in [1.165, 1.54) is 5.56 Å². The molecule has 0 saturated carbocycles. The standard InChI is InChI=1S/C17H17N3O/c1-2-12-7-3-4-8-13(12)11-18-17(21)16-14-9-5-6-10-15(14)19-20-16/h3-10H,2,11H2,1H3,(H,18,21)(H,19,20). The van der Waals surface area contributed by atoms with Crippen LogP contribution in [0.15, 0.2) is 48.5 Å². The number of nitrogens with one attached hydrogen (secondary N) is 2. The maximum atomic E-state index is 12.3. The highest BCUT2D eigenvalue weighted by atomic mass is 16.1. The minimum absolute atomic E-state index is 0.154. The molecule has 106 valence electrons. The number of fused-ring (bicyclic) bond motifs is 1. The largest absolute Gasteiger partial charge is 0.347 e. The average Bonchev–Trinajstić information content (AvgIpc) is 2.97. The van der Waals surface area contributed by atoms with Crippen LogP contribution in [0.4, 0.5) is 0 Å². The second kappa shape index (κ2) is 5.79. The van der Waals surface area contributed by atoms with Gasteiger partial charge in [-0.25, -0.2) is 0 Å². The van der Waals surface area contributed by atoms with E-state index in [9.17, 15) is 4.79 Å². The van der Waals surface area contributed by atoms with E-state index in [0.29, 0.717) is 12.2 Å². The second-order valence-corrected chi connectivity index (χ2v) is 4.92. The molecule has 0 spiro atoms. The predicted molar refractivity (Wildman–Crippen MR) is 83.1 cm³/mol. The van der Waals surface area contributed by atoms with Crippen molar-refractivity contribution in [3.63, 3.8) is 0 Å². The molecule has 3 rings (SSSR count). The van der Waals surface area contributed by atoms with Gasteiger partial charge in [0.2, 0.25) is 0 Å². The fraction of sp³-hybridized carbons (Fsp3) is 0.176. The monoisotopic (exact) mass is 279 g/mol. The van der Waals surface area contributed by atoms with Gasteiger partial charge in [-0.15, -0.1) is 0 Å². The summed E-state index contributed by atoms with van der Waals surface area (Å²) < 4.78 is 0. The van der Waals surface area contributed by atoms with E-state index in [1.807, 2.05) is 42.5 Å². The van der Waals surface area contributed by atoms with Crippen LogP contribution in [0.1, 0.15) is 28.5 Å². The van der Waals surface area contributed by atoms with E-state index in [-0.39, 0.29) is 5.91 Å². The number of amides is 1. The molecule has 0 aliphatic rings. The summed E-state index contributed by atoms with van der Waals surface area (Å²) in [6.07, 6.45) is 0.956. The zero-order valence-electron chi connectivity index (χ0n) is 11.9. The van der Waals surface area contributed by atoms with Gasteiger partial charge in [0.05, 0.1) is 5.52 Å². The first-order chi connectivity index (χ1) is 10.3. The van der Waals surface area contributed by atoms with Crippen LogP contribution in [-0.2, 0) is 13.0 Å². The zero-order chi connectivity index (χ0) is 14.7. The molecule has 4 nitrogen and oxygen atoms in total. The van der Waals surface area contributed by atoms with E-state index >= 15 is 0 Å². The Morgan fingerprint density at radius 1 is 1.10 bits per heavy atom. The van der Waals surface area contributed by atoms with Crippen molar-refractivity contribution in [3.8, 4) is 0 Å². The molecule has 0 saturated heterocycles. The number of benzene rings is 2. The van der Waals surface area contributed by atoms with E-state index in [1.54, 1.807) is 0 Å². The number of para-hydroxylation sites is 1. The third-order valence-corrected chi connectivity index (χ3v) is 3.62. The van der Waals surface area contributed by atoms with Crippen LogP contribution in [0, 0.1) is 0 Å². The Morgan fingerprint density at radius 2 is 1.81 bits per heavy atom. The van der Waals surface area contributed by atoms with Crippen molar-refractivity contribution in [2.75, 3.05) is 0 Å². The summed E-state index contributed by atoms with van der Waals surface area (Å²) in [5.74, 6) is -0.154. The van der Waals surface area contributed by atoms with Gasteiger partial charge in [-0.05, 0) is 23.6 Å². The van der Waals surface area contributed by atoms with Crippen LogP contribution < -0.4 is 5.32 Å². The number of aromatic nitrogens is 2. The first-order valence-electron chi connectivity index (χ1n) is 7.07. The van der Waals surface area contributed by atoms with Crippen molar-refractivity contribution >= 4 is 16.8 Å². The Morgan fingerprint density at radius 3 is 2.62 bits per heavy atom. The summed E-state index contributed by atoms with van der Waals surface area (Å²) in [5, 5.41) is 10.8. The molecule has 0 bridgehead atoms. The van der Waals surface area contributed by atoms with Gasteiger partial charge in [0, 0.05) is 11.9 Å². The SMILES string of the molecule is CCc1ccccc1CNC(=O)c1n[nH]c2ccccc12. The molecule has 4 heteroatoms. The normalized spacial score (nSPS) is 10.7. The molecule has 2 aromatic carbocycles. The average molecular weight is 279 g/mol. The number of carbonyl (C=O) groups is 1. The van der Waals surface area contributed by atoms with Gasteiger partial charge < -0.3 is 5.32 Å². The van der Waals surface area contributed by atoms with Crippen LogP contribution in [0.2, 0.25) is 0 Å². The number of hydrogen-bond donors (Lipinski definition) is 2. The van der Waals surface area contributed by atoms with Gasteiger partial charge in [-0.2, -0.15) is 5.10 Å². The number of H-pyrrole nitrogens is 1. The molecule has 0 fully saturated rings. The minimum atomic E-state index is -0.154. The van der Waals surface area contributed by atoms with Crippen molar-refractivity contribution in [3.05, 3.63) is 65.4 Å². The summed E-state index contributed by atoms with van der Waals surface area (Å²) in [6.45, 7) is 2.63. The van der Waals surface area contributed by atoms with Gasteiger partial charge >= 0.3 is 0 Å². The molecule has 0 aliphatic heterocycles. The van der Waals surface area contributed by atoms with Crippen molar-refractivity contribution in [2.24, 2.45) is 0 Å². The number of aromatic amines is 1. The van der Waals surface area contributed by atoms with Gasteiger partial charge in [0.15, 0.2) is 5.69 Å². The Labute approximate surface area is 123 Å². The molecule has 0 radical (unpaired) electrons. The van der Waals surface area contributed by atoms with Gasteiger partial charge in [0.25, 0.3) is 5.91 Å². The zero-order valence-corrected chi connectivity index (χ0v) is 11.9. The Balaban J connectivity index is 1.78. The summed E-state index contributed by atoms with van der Waals surface area (Å²) in [6, 6.07) is 15.8. The van der Waals surface area contributed by atoms with Crippen molar-refractivity contribution < 1.29 is 4.79 Å². The maximum Gasteiger partial charge on any atom is 0.272 e. The van der Waals surface area contributed by atoms with E-state index in [0.717, 1.165) is 22.9 Å². The van der Waals surface area contributed by atoms with Crippen LogP contribution >= 0.6 is 0 Å². The smallest absolute Gasteiger partial charge is 0.272 e.